The van der Waals surface area contributed by atoms with Gasteiger partial charge in [-0.25, -0.2) is 4.79 Å². The quantitative estimate of drug-likeness (QED) is 0.474. The minimum Gasteiger partial charge on any atom is -0.448 e. The molecule has 3 rings (SSSR count). The topological polar surface area (TPSA) is 89.7 Å². The number of para-hydroxylation sites is 1. The number of ether oxygens (including phenoxy) is 1. The monoisotopic (exact) mass is 360 g/mol. The smallest absolute Gasteiger partial charge is 0.349 e. The maximum absolute atomic E-state index is 12.7. The van der Waals surface area contributed by atoms with Crippen molar-refractivity contribution >= 4 is 33.9 Å². The van der Waals surface area contributed by atoms with Crippen LogP contribution >= 0.6 is 11.3 Å². The molecule has 130 valence electrons. The van der Waals surface area contributed by atoms with Crippen LogP contribution in [0.15, 0.2) is 36.4 Å². The fraction of sp³-hybridized carbons (Fsp3) is 0.294. The summed E-state index contributed by atoms with van der Waals surface area (Å²) in [5.74, 6) is -1.05. The number of nitrogens with zero attached hydrogens (tertiary/aromatic N) is 2. The molecule has 0 unspecified atom stereocenters. The summed E-state index contributed by atoms with van der Waals surface area (Å²) in [5.41, 5.74) is 1.91. The van der Waals surface area contributed by atoms with E-state index in [2.05, 4.69) is 0 Å². The van der Waals surface area contributed by atoms with E-state index in [0.29, 0.717) is 0 Å². The van der Waals surface area contributed by atoms with Gasteiger partial charge in [-0.05, 0) is 38.0 Å². The van der Waals surface area contributed by atoms with Crippen LogP contribution in [0.1, 0.15) is 29.1 Å². The molecule has 0 saturated heterocycles. The number of hydrogen-bond acceptors (Lipinski definition) is 6. The van der Waals surface area contributed by atoms with Crippen molar-refractivity contribution in [3.63, 3.8) is 0 Å². The normalized spacial score (nSPS) is 17.0. The van der Waals surface area contributed by atoms with Crippen molar-refractivity contribution in [3.05, 3.63) is 57.0 Å². The molecule has 2 atom stereocenters. The number of esters is 1. The van der Waals surface area contributed by atoms with Gasteiger partial charge in [0.05, 0.1) is 4.92 Å². The van der Waals surface area contributed by atoms with E-state index in [0.717, 1.165) is 29.0 Å². The van der Waals surface area contributed by atoms with Crippen LogP contribution in [0, 0.1) is 10.1 Å². The molecular weight excluding hydrogens is 344 g/mol. The van der Waals surface area contributed by atoms with Crippen molar-refractivity contribution in [3.8, 4) is 0 Å². The predicted octanol–water partition coefficient (Wildman–Crippen LogP) is 3.18. The number of hydrogen-bond donors (Lipinski definition) is 0. The molecule has 0 spiro atoms. The molecule has 1 aliphatic rings. The fourth-order valence-corrected chi connectivity index (χ4v) is 3.61. The van der Waals surface area contributed by atoms with Gasteiger partial charge in [0.25, 0.3) is 5.91 Å². The molecule has 0 aliphatic carbocycles. The highest BCUT2D eigenvalue weighted by atomic mass is 32.1. The number of rotatable bonds is 4. The van der Waals surface area contributed by atoms with Gasteiger partial charge in [0, 0.05) is 17.8 Å². The first-order valence-corrected chi connectivity index (χ1v) is 8.56. The molecule has 0 bridgehead atoms. The molecule has 0 N–H and O–H groups in total. The van der Waals surface area contributed by atoms with Crippen LogP contribution in [0.2, 0.25) is 0 Å². The van der Waals surface area contributed by atoms with Crippen LogP contribution in [-0.2, 0) is 16.0 Å². The maximum Gasteiger partial charge on any atom is 0.349 e. The van der Waals surface area contributed by atoms with E-state index in [9.17, 15) is 19.7 Å². The lowest BCUT2D eigenvalue weighted by Crippen LogP contribution is -2.43. The molecule has 25 heavy (non-hydrogen) atoms. The van der Waals surface area contributed by atoms with Crippen LogP contribution in [-0.4, -0.2) is 28.9 Å². The van der Waals surface area contributed by atoms with E-state index in [-0.39, 0.29) is 21.8 Å². The highest BCUT2D eigenvalue weighted by Gasteiger charge is 2.34. The summed E-state index contributed by atoms with van der Waals surface area (Å²) < 4.78 is 5.22. The van der Waals surface area contributed by atoms with E-state index in [1.54, 1.807) is 4.90 Å². The van der Waals surface area contributed by atoms with Gasteiger partial charge in [-0.2, -0.15) is 0 Å². The van der Waals surface area contributed by atoms with Gasteiger partial charge in [-0.3, -0.25) is 14.9 Å². The van der Waals surface area contributed by atoms with E-state index in [4.69, 9.17) is 4.74 Å². The molecular formula is C17H16N2O5S. The molecule has 1 amide bonds. The first kappa shape index (κ1) is 17.1. The molecule has 2 heterocycles. The van der Waals surface area contributed by atoms with E-state index >= 15 is 0 Å². The lowest BCUT2D eigenvalue weighted by atomic mass is 10.1. The third-order valence-corrected chi connectivity index (χ3v) is 5.07. The van der Waals surface area contributed by atoms with Gasteiger partial charge < -0.3 is 9.64 Å². The number of fused-ring (bicyclic) bond motifs is 1. The molecule has 7 nitrogen and oxygen atoms in total. The number of thiophene rings is 1. The molecule has 2 aromatic rings. The lowest BCUT2D eigenvalue weighted by Gasteiger charge is -2.25. The first-order valence-electron chi connectivity index (χ1n) is 7.74. The largest absolute Gasteiger partial charge is 0.448 e. The highest BCUT2D eigenvalue weighted by molar-refractivity contribution is 7.17. The standard InChI is InChI=1S/C17H16N2O5S/c1-10-9-12-5-3-4-6-13(12)18(10)16(20)11(2)24-17(21)14-7-8-15(25-14)19(22)23/h3-8,10-11H,9H2,1-2H3/t10-,11-/m0/s1. The van der Waals surface area contributed by atoms with Gasteiger partial charge in [0.1, 0.15) is 4.88 Å². The number of carbonyl (C=O) groups excluding carboxylic acids is 2. The Morgan fingerprint density at radius 1 is 1.32 bits per heavy atom. The Labute approximate surface area is 148 Å². The average molecular weight is 360 g/mol. The molecule has 0 saturated carbocycles. The van der Waals surface area contributed by atoms with Gasteiger partial charge in [-0.15, -0.1) is 0 Å². The Bertz CT molecular complexity index is 847. The van der Waals surface area contributed by atoms with Crippen molar-refractivity contribution in [2.75, 3.05) is 4.90 Å². The van der Waals surface area contributed by atoms with Crippen molar-refractivity contribution in [2.24, 2.45) is 0 Å². The van der Waals surface area contributed by atoms with Gasteiger partial charge in [-0.1, -0.05) is 29.5 Å². The summed E-state index contributed by atoms with van der Waals surface area (Å²) in [6, 6.07) is 10.2. The summed E-state index contributed by atoms with van der Waals surface area (Å²) in [7, 11) is 0. The lowest BCUT2D eigenvalue weighted by molar-refractivity contribution is -0.380. The van der Waals surface area contributed by atoms with Crippen molar-refractivity contribution in [2.45, 2.75) is 32.4 Å². The second-order valence-corrected chi connectivity index (χ2v) is 6.89. The van der Waals surface area contributed by atoms with E-state index in [1.165, 1.54) is 19.1 Å². The zero-order chi connectivity index (χ0) is 18.1. The van der Waals surface area contributed by atoms with E-state index < -0.39 is 17.0 Å². The maximum atomic E-state index is 12.7. The van der Waals surface area contributed by atoms with Crippen LogP contribution in [0.3, 0.4) is 0 Å². The molecule has 0 fully saturated rings. The molecule has 1 aliphatic heterocycles. The number of nitro groups is 1. The Kier molecular flexibility index (Phi) is 4.54. The number of amides is 1. The second-order valence-electron chi connectivity index (χ2n) is 5.83. The van der Waals surface area contributed by atoms with Crippen LogP contribution in [0.5, 0.6) is 0 Å². The average Bonchev–Trinajstić information content (AvgIpc) is 3.18. The Morgan fingerprint density at radius 2 is 2.04 bits per heavy atom. The van der Waals surface area contributed by atoms with E-state index in [1.807, 2.05) is 31.2 Å². The minimum atomic E-state index is -0.984. The van der Waals surface area contributed by atoms with Gasteiger partial charge in [0.2, 0.25) is 0 Å². The first-order chi connectivity index (χ1) is 11.9. The molecule has 1 aromatic carbocycles. The van der Waals surface area contributed by atoms with Gasteiger partial charge in [0.15, 0.2) is 6.10 Å². The Morgan fingerprint density at radius 3 is 2.72 bits per heavy atom. The summed E-state index contributed by atoms with van der Waals surface area (Å²) in [4.78, 5) is 36.7. The summed E-state index contributed by atoms with van der Waals surface area (Å²) in [6.07, 6.45) is -0.234. The molecule has 1 aromatic heterocycles. The van der Waals surface area contributed by atoms with Crippen molar-refractivity contribution in [1.29, 1.82) is 0 Å². The number of carbonyl (C=O) groups is 2. The zero-order valence-electron chi connectivity index (χ0n) is 13.7. The van der Waals surface area contributed by atoms with Crippen molar-refractivity contribution in [1.82, 2.24) is 0 Å². The third-order valence-electron chi connectivity index (χ3n) is 4.05. The van der Waals surface area contributed by atoms with Crippen LogP contribution < -0.4 is 4.90 Å². The zero-order valence-corrected chi connectivity index (χ0v) is 14.5. The summed E-state index contributed by atoms with van der Waals surface area (Å²) in [5, 5.41) is 10.6. The predicted molar refractivity (Wildman–Crippen MR) is 92.9 cm³/mol. The second kappa shape index (κ2) is 6.64. The third kappa shape index (κ3) is 3.25. The van der Waals surface area contributed by atoms with Crippen LogP contribution in [0.25, 0.3) is 0 Å². The minimum absolute atomic E-state index is 0.0196. The number of anilines is 1. The number of benzene rings is 1. The molecule has 0 radical (unpaired) electrons. The summed E-state index contributed by atoms with van der Waals surface area (Å²) >= 11 is 0.726. The van der Waals surface area contributed by atoms with Gasteiger partial charge >= 0.3 is 11.0 Å². The molecule has 8 heteroatoms. The Hall–Kier alpha value is -2.74. The highest BCUT2D eigenvalue weighted by Crippen LogP contribution is 2.32. The fourth-order valence-electron chi connectivity index (χ4n) is 2.90. The van der Waals surface area contributed by atoms with Crippen LogP contribution in [0.4, 0.5) is 10.7 Å². The summed E-state index contributed by atoms with van der Waals surface area (Å²) in [6.45, 7) is 3.45. The SMILES string of the molecule is C[C@H](OC(=O)c1ccc([N+](=O)[O-])s1)C(=O)N1c2ccccc2C[C@@H]1C. The van der Waals surface area contributed by atoms with Crippen molar-refractivity contribution < 1.29 is 19.2 Å². The Balaban J connectivity index is 1.72.